The summed E-state index contributed by atoms with van der Waals surface area (Å²) in [5.41, 5.74) is 5.84. The third-order valence-electron chi connectivity index (χ3n) is 5.07. The van der Waals surface area contributed by atoms with E-state index in [1.807, 2.05) is 0 Å². The van der Waals surface area contributed by atoms with E-state index in [-0.39, 0.29) is 36.0 Å². The standard InChI is InChI=1S/C20H23N7O7/c21-20-26-16-15(18(32)27-20)24-12(7-22-16)13(8-28)23-10-3-1-9(2-4-10)17(31)25-11(19(33)34)5-6-14(29)30/h1-4,8,11-13,23-24H,5-7H2,(H,25,31)(H,29,30)(H,33,34)(H4,21,22,26,27,32)/t11-,12+,13?/m0/s1. The number of aldehydes is 1. The van der Waals surface area contributed by atoms with Gasteiger partial charge in [-0.15, -0.1) is 0 Å². The number of nitrogens with zero attached hydrogens (tertiary/aromatic N) is 1. The van der Waals surface area contributed by atoms with E-state index in [0.717, 1.165) is 0 Å². The fraction of sp³-hybridized carbons (Fsp3) is 0.300. The predicted molar refractivity (Wildman–Crippen MR) is 121 cm³/mol. The number of anilines is 4. The highest BCUT2D eigenvalue weighted by molar-refractivity contribution is 5.97. The van der Waals surface area contributed by atoms with Crippen LogP contribution in [0.4, 0.5) is 23.1 Å². The number of nitrogens with two attached hydrogens (primary N) is 1. The topological polar surface area (TPSA) is 229 Å². The van der Waals surface area contributed by atoms with Crippen molar-refractivity contribution in [1.29, 1.82) is 0 Å². The molecule has 14 heteroatoms. The van der Waals surface area contributed by atoms with Crippen molar-refractivity contribution in [2.45, 2.75) is 31.0 Å². The minimum atomic E-state index is -1.35. The number of amides is 1. The fourth-order valence-corrected chi connectivity index (χ4v) is 3.32. The van der Waals surface area contributed by atoms with Crippen molar-refractivity contribution in [1.82, 2.24) is 15.3 Å². The number of aromatic amines is 1. The number of nitrogen functional groups attached to an aromatic ring is 1. The zero-order valence-corrected chi connectivity index (χ0v) is 17.7. The Morgan fingerprint density at radius 3 is 2.56 bits per heavy atom. The van der Waals surface area contributed by atoms with Crippen molar-refractivity contribution in [3.05, 3.63) is 40.2 Å². The first-order chi connectivity index (χ1) is 16.2. The molecular formula is C20H23N7O7. The van der Waals surface area contributed by atoms with Crippen molar-refractivity contribution >= 4 is 47.3 Å². The molecule has 14 nitrogen and oxygen atoms in total. The molecule has 180 valence electrons. The number of carbonyl (C=O) groups excluding carboxylic acids is 2. The Bertz CT molecular complexity index is 1150. The number of aromatic nitrogens is 2. The number of carboxylic acids is 2. The number of benzene rings is 1. The molecule has 0 radical (unpaired) electrons. The molecule has 1 aliphatic heterocycles. The molecule has 0 bridgehead atoms. The van der Waals surface area contributed by atoms with Crippen molar-refractivity contribution in [2.75, 3.05) is 28.2 Å². The molecule has 0 fully saturated rings. The number of aliphatic carboxylic acids is 2. The maximum atomic E-state index is 12.3. The molecule has 0 spiro atoms. The number of rotatable bonds is 10. The van der Waals surface area contributed by atoms with Crippen LogP contribution < -0.4 is 32.6 Å². The Morgan fingerprint density at radius 1 is 1.24 bits per heavy atom. The smallest absolute Gasteiger partial charge is 0.326 e. The second-order valence-corrected chi connectivity index (χ2v) is 7.49. The first-order valence-corrected chi connectivity index (χ1v) is 10.2. The van der Waals surface area contributed by atoms with Crippen molar-refractivity contribution < 1.29 is 29.4 Å². The summed E-state index contributed by atoms with van der Waals surface area (Å²) in [6, 6.07) is 3.29. The van der Waals surface area contributed by atoms with Gasteiger partial charge < -0.3 is 42.0 Å². The number of carbonyl (C=O) groups is 4. The lowest BCUT2D eigenvalue weighted by atomic mass is 10.1. The van der Waals surface area contributed by atoms with Gasteiger partial charge >= 0.3 is 11.9 Å². The average Bonchev–Trinajstić information content (AvgIpc) is 2.80. The number of hydrogen-bond acceptors (Lipinski definition) is 10. The Balaban J connectivity index is 1.64. The number of hydrogen-bond donors (Lipinski definition) is 8. The normalized spacial score (nSPS) is 16.1. The summed E-state index contributed by atoms with van der Waals surface area (Å²) in [5, 5.41) is 29.1. The van der Waals surface area contributed by atoms with Gasteiger partial charge in [-0.3, -0.25) is 19.4 Å². The fourth-order valence-electron chi connectivity index (χ4n) is 3.32. The monoisotopic (exact) mass is 473 g/mol. The van der Waals surface area contributed by atoms with Gasteiger partial charge in [0.2, 0.25) is 5.95 Å². The van der Waals surface area contributed by atoms with Crippen LogP contribution in [0.25, 0.3) is 0 Å². The second-order valence-electron chi connectivity index (χ2n) is 7.49. The summed E-state index contributed by atoms with van der Waals surface area (Å²) < 4.78 is 0. The molecule has 0 saturated carbocycles. The van der Waals surface area contributed by atoms with Crippen LogP contribution in [-0.2, 0) is 14.4 Å². The van der Waals surface area contributed by atoms with E-state index >= 15 is 0 Å². The molecule has 1 aromatic carbocycles. The molecule has 3 atom stereocenters. The van der Waals surface area contributed by atoms with Crippen LogP contribution in [0.15, 0.2) is 29.1 Å². The third kappa shape index (κ3) is 5.79. The van der Waals surface area contributed by atoms with Crippen molar-refractivity contribution in [3.8, 4) is 0 Å². The summed E-state index contributed by atoms with van der Waals surface area (Å²) in [5.74, 6) is -2.95. The number of nitrogens with one attached hydrogen (secondary N) is 5. The molecule has 2 aromatic rings. The molecule has 0 aliphatic carbocycles. The molecule has 9 N–H and O–H groups in total. The van der Waals surface area contributed by atoms with E-state index in [1.165, 1.54) is 24.3 Å². The van der Waals surface area contributed by atoms with E-state index in [4.69, 9.17) is 10.8 Å². The van der Waals surface area contributed by atoms with Crippen LogP contribution in [0.1, 0.15) is 23.2 Å². The van der Waals surface area contributed by atoms with Gasteiger partial charge in [0.1, 0.15) is 24.1 Å². The molecule has 1 aromatic heterocycles. The number of H-pyrrole nitrogens is 1. The zero-order valence-electron chi connectivity index (χ0n) is 17.7. The van der Waals surface area contributed by atoms with Crippen LogP contribution >= 0.6 is 0 Å². The molecule has 2 heterocycles. The van der Waals surface area contributed by atoms with Crippen LogP contribution in [0.3, 0.4) is 0 Å². The summed E-state index contributed by atoms with van der Waals surface area (Å²) >= 11 is 0. The SMILES string of the molecule is Nc1nc2c(c(=O)[nH]1)N[C@@H](C(C=O)Nc1ccc(C(=O)N[C@@H](CCC(=O)O)C(=O)O)cc1)CN2. The van der Waals surface area contributed by atoms with Gasteiger partial charge in [0.05, 0.1) is 6.04 Å². The Morgan fingerprint density at radius 2 is 1.94 bits per heavy atom. The highest BCUT2D eigenvalue weighted by Gasteiger charge is 2.28. The first-order valence-electron chi connectivity index (χ1n) is 10.2. The van der Waals surface area contributed by atoms with Gasteiger partial charge in [-0.2, -0.15) is 4.98 Å². The largest absolute Gasteiger partial charge is 0.481 e. The predicted octanol–water partition coefficient (Wildman–Crippen LogP) is -0.714. The maximum Gasteiger partial charge on any atom is 0.326 e. The third-order valence-corrected chi connectivity index (χ3v) is 5.07. The van der Waals surface area contributed by atoms with Crippen LogP contribution in [0.2, 0.25) is 0 Å². The molecular weight excluding hydrogens is 450 g/mol. The van der Waals surface area contributed by atoms with Gasteiger partial charge in [-0.25, -0.2) is 4.79 Å². The summed E-state index contributed by atoms with van der Waals surface area (Å²) in [4.78, 5) is 64.5. The quantitative estimate of drug-likeness (QED) is 0.200. The summed E-state index contributed by atoms with van der Waals surface area (Å²) in [6.45, 7) is 0.271. The molecule has 34 heavy (non-hydrogen) atoms. The lowest BCUT2D eigenvalue weighted by Gasteiger charge is -2.31. The van der Waals surface area contributed by atoms with Crippen molar-refractivity contribution in [3.63, 3.8) is 0 Å². The van der Waals surface area contributed by atoms with E-state index in [2.05, 4.69) is 31.2 Å². The molecule has 0 saturated heterocycles. The van der Waals surface area contributed by atoms with Crippen LogP contribution in [0.5, 0.6) is 0 Å². The van der Waals surface area contributed by atoms with Crippen LogP contribution in [0, 0.1) is 0 Å². The van der Waals surface area contributed by atoms with Crippen molar-refractivity contribution in [2.24, 2.45) is 0 Å². The van der Waals surface area contributed by atoms with E-state index in [9.17, 15) is 29.1 Å². The highest BCUT2D eigenvalue weighted by atomic mass is 16.4. The van der Waals surface area contributed by atoms with E-state index < -0.39 is 48.0 Å². The van der Waals surface area contributed by atoms with Gasteiger partial charge in [0.15, 0.2) is 5.82 Å². The van der Waals surface area contributed by atoms with Gasteiger partial charge in [-0.1, -0.05) is 0 Å². The number of carboxylic acid groups (broad SMARTS) is 2. The maximum absolute atomic E-state index is 12.3. The highest BCUT2D eigenvalue weighted by Crippen LogP contribution is 2.22. The second kappa shape index (κ2) is 10.3. The lowest BCUT2D eigenvalue weighted by molar-refractivity contribution is -0.140. The average molecular weight is 473 g/mol. The van der Waals surface area contributed by atoms with E-state index in [0.29, 0.717) is 12.0 Å². The zero-order chi connectivity index (χ0) is 24.8. The van der Waals surface area contributed by atoms with Gasteiger partial charge in [0.25, 0.3) is 11.5 Å². The van der Waals surface area contributed by atoms with Gasteiger partial charge in [-0.05, 0) is 30.7 Å². The minimum Gasteiger partial charge on any atom is -0.481 e. The summed E-state index contributed by atoms with van der Waals surface area (Å²) in [7, 11) is 0. The number of fused-ring (bicyclic) bond motifs is 1. The molecule has 1 aliphatic rings. The van der Waals surface area contributed by atoms with Gasteiger partial charge in [0, 0.05) is 24.2 Å². The van der Waals surface area contributed by atoms with E-state index in [1.54, 1.807) is 0 Å². The Hall–Kier alpha value is -4.62. The molecule has 3 rings (SSSR count). The summed E-state index contributed by atoms with van der Waals surface area (Å²) in [6.07, 6.45) is 0.00832. The molecule has 1 unspecified atom stereocenters. The van der Waals surface area contributed by atoms with Crippen LogP contribution in [-0.4, -0.2) is 69.0 Å². The lowest BCUT2D eigenvalue weighted by Crippen LogP contribution is -2.48. The minimum absolute atomic E-state index is 0.0396. The Kier molecular flexibility index (Phi) is 7.30. The first kappa shape index (κ1) is 24.0. The molecule has 1 amide bonds. The Labute approximate surface area is 192 Å².